The summed E-state index contributed by atoms with van der Waals surface area (Å²) in [6.07, 6.45) is 0. The van der Waals surface area contributed by atoms with Gasteiger partial charge in [0.2, 0.25) is 5.91 Å². The standard InChI is InChI=1S/C25H21BrFN5O3S/c1-35-21-12-2-16(3-13-21)24(34)28-14-22-30-31-25(32(22)20-10-6-18(27)7-11-20)36-15-23(33)29-19-8-4-17(26)5-9-19/h2-13H,14-15H2,1H3,(H,28,34)(H,29,33). The van der Waals surface area contributed by atoms with E-state index in [-0.39, 0.29) is 29.9 Å². The van der Waals surface area contributed by atoms with Crippen molar-refractivity contribution in [2.45, 2.75) is 11.7 Å². The highest BCUT2D eigenvalue weighted by Crippen LogP contribution is 2.23. The molecule has 0 unspecified atom stereocenters. The van der Waals surface area contributed by atoms with Gasteiger partial charge in [0.25, 0.3) is 5.91 Å². The van der Waals surface area contributed by atoms with Crippen LogP contribution in [0.15, 0.2) is 82.4 Å². The fraction of sp³-hybridized carbons (Fsp3) is 0.120. The molecule has 0 fully saturated rings. The minimum absolute atomic E-state index is 0.0703. The van der Waals surface area contributed by atoms with Crippen molar-refractivity contribution >= 4 is 45.2 Å². The molecule has 2 N–H and O–H groups in total. The molecule has 0 aliphatic heterocycles. The fourth-order valence-corrected chi connectivity index (χ4v) is 4.26. The summed E-state index contributed by atoms with van der Waals surface area (Å²) in [6.45, 7) is 0.0703. The summed E-state index contributed by atoms with van der Waals surface area (Å²) < 4.78 is 21.3. The van der Waals surface area contributed by atoms with Crippen LogP contribution in [0.4, 0.5) is 10.1 Å². The van der Waals surface area contributed by atoms with Crippen LogP contribution < -0.4 is 15.4 Å². The number of methoxy groups -OCH3 is 1. The summed E-state index contributed by atoms with van der Waals surface area (Å²) in [5.41, 5.74) is 1.74. The number of nitrogens with zero attached hydrogens (tertiary/aromatic N) is 3. The molecule has 11 heteroatoms. The van der Waals surface area contributed by atoms with E-state index in [1.165, 1.54) is 23.9 Å². The van der Waals surface area contributed by atoms with Gasteiger partial charge < -0.3 is 15.4 Å². The van der Waals surface area contributed by atoms with Crippen molar-refractivity contribution in [1.82, 2.24) is 20.1 Å². The smallest absolute Gasteiger partial charge is 0.251 e. The van der Waals surface area contributed by atoms with Crippen molar-refractivity contribution in [3.8, 4) is 11.4 Å². The van der Waals surface area contributed by atoms with Crippen LogP contribution in [0.3, 0.4) is 0 Å². The van der Waals surface area contributed by atoms with E-state index in [1.54, 1.807) is 60.2 Å². The predicted octanol–water partition coefficient (Wildman–Crippen LogP) is 4.84. The van der Waals surface area contributed by atoms with E-state index in [4.69, 9.17) is 4.74 Å². The van der Waals surface area contributed by atoms with Gasteiger partial charge in [-0.2, -0.15) is 0 Å². The van der Waals surface area contributed by atoms with Crippen LogP contribution >= 0.6 is 27.7 Å². The second kappa shape index (κ2) is 11.8. The summed E-state index contributed by atoms with van der Waals surface area (Å²) in [4.78, 5) is 25.1. The van der Waals surface area contributed by atoms with E-state index in [0.717, 1.165) is 4.47 Å². The second-order valence-corrected chi connectivity index (χ2v) is 9.32. The van der Waals surface area contributed by atoms with Crippen molar-refractivity contribution in [2.75, 3.05) is 18.2 Å². The van der Waals surface area contributed by atoms with Crippen LogP contribution in [0.2, 0.25) is 0 Å². The lowest BCUT2D eigenvalue weighted by Gasteiger charge is -2.11. The Morgan fingerprint density at radius 1 is 1.00 bits per heavy atom. The number of halogens is 2. The van der Waals surface area contributed by atoms with Gasteiger partial charge in [-0.3, -0.25) is 14.2 Å². The fourth-order valence-electron chi connectivity index (χ4n) is 3.22. The highest BCUT2D eigenvalue weighted by Gasteiger charge is 2.17. The van der Waals surface area contributed by atoms with Gasteiger partial charge in [-0.1, -0.05) is 27.7 Å². The number of ether oxygens (including phenoxy) is 1. The number of rotatable bonds is 9. The molecule has 2 amide bonds. The SMILES string of the molecule is COc1ccc(C(=O)NCc2nnc(SCC(=O)Nc3ccc(Br)cc3)n2-c2ccc(F)cc2)cc1. The molecule has 1 heterocycles. The van der Waals surface area contributed by atoms with Gasteiger partial charge >= 0.3 is 0 Å². The van der Waals surface area contributed by atoms with Crippen LogP contribution in [0.1, 0.15) is 16.2 Å². The van der Waals surface area contributed by atoms with E-state index >= 15 is 0 Å². The summed E-state index contributed by atoms with van der Waals surface area (Å²) in [5.74, 6) is 0.254. The average molecular weight is 570 g/mol. The molecule has 0 saturated heterocycles. The molecule has 8 nitrogen and oxygen atoms in total. The highest BCUT2D eigenvalue weighted by atomic mass is 79.9. The predicted molar refractivity (Wildman–Crippen MR) is 139 cm³/mol. The maximum Gasteiger partial charge on any atom is 0.251 e. The maximum atomic E-state index is 13.5. The number of hydrogen-bond acceptors (Lipinski definition) is 6. The Balaban J connectivity index is 1.48. The van der Waals surface area contributed by atoms with Gasteiger partial charge in [-0.15, -0.1) is 10.2 Å². The highest BCUT2D eigenvalue weighted by molar-refractivity contribution is 9.10. The number of aromatic nitrogens is 3. The van der Waals surface area contributed by atoms with Crippen molar-refractivity contribution in [1.29, 1.82) is 0 Å². The number of nitrogens with one attached hydrogen (secondary N) is 2. The van der Waals surface area contributed by atoms with Gasteiger partial charge in [0.15, 0.2) is 11.0 Å². The first-order valence-electron chi connectivity index (χ1n) is 10.7. The molecule has 0 atom stereocenters. The van der Waals surface area contributed by atoms with Crippen molar-refractivity contribution in [3.63, 3.8) is 0 Å². The monoisotopic (exact) mass is 569 g/mol. The Hall–Kier alpha value is -3.70. The number of carbonyl (C=O) groups excluding carboxylic acids is 2. The van der Waals surface area contributed by atoms with Crippen molar-refractivity contribution < 1.29 is 18.7 Å². The Morgan fingerprint density at radius 2 is 1.69 bits per heavy atom. The first kappa shape index (κ1) is 25.4. The van der Waals surface area contributed by atoms with Crippen LogP contribution in [0.5, 0.6) is 5.75 Å². The van der Waals surface area contributed by atoms with Crippen LogP contribution in [-0.2, 0) is 11.3 Å². The number of thioether (sulfide) groups is 1. The second-order valence-electron chi connectivity index (χ2n) is 7.47. The number of benzene rings is 3. The third-order valence-corrected chi connectivity index (χ3v) is 6.46. The summed E-state index contributed by atoms with van der Waals surface area (Å²) in [5, 5.41) is 14.5. The molecule has 184 valence electrons. The molecular formula is C25H21BrFN5O3S. The van der Waals surface area contributed by atoms with Gasteiger partial charge in [0.05, 0.1) is 19.4 Å². The molecule has 36 heavy (non-hydrogen) atoms. The van der Waals surface area contributed by atoms with Gasteiger partial charge in [0.1, 0.15) is 11.6 Å². The number of hydrogen-bond donors (Lipinski definition) is 2. The minimum atomic E-state index is -0.385. The zero-order chi connectivity index (χ0) is 25.5. The number of carbonyl (C=O) groups is 2. The molecule has 1 aromatic heterocycles. The van der Waals surface area contributed by atoms with Crippen LogP contribution in [-0.4, -0.2) is 39.4 Å². The van der Waals surface area contributed by atoms with Crippen molar-refractivity contribution in [2.24, 2.45) is 0 Å². The lowest BCUT2D eigenvalue weighted by Crippen LogP contribution is -2.24. The summed E-state index contributed by atoms with van der Waals surface area (Å²) in [7, 11) is 1.55. The molecule has 0 radical (unpaired) electrons. The third-order valence-electron chi connectivity index (χ3n) is 5.00. The normalized spacial score (nSPS) is 10.6. The molecule has 0 aliphatic carbocycles. The molecule has 4 rings (SSSR count). The zero-order valence-electron chi connectivity index (χ0n) is 19.1. The van der Waals surface area contributed by atoms with E-state index in [2.05, 4.69) is 36.8 Å². The van der Waals surface area contributed by atoms with E-state index in [9.17, 15) is 14.0 Å². The largest absolute Gasteiger partial charge is 0.497 e. The van der Waals surface area contributed by atoms with Gasteiger partial charge in [-0.25, -0.2) is 4.39 Å². The molecular weight excluding hydrogens is 549 g/mol. The first-order valence-corrected chi connectivity index (χ1v) is 12.5. The molecule has 0 bridgehead atoms. The third kappa shape index (κ3) is 6.49. The lowest BCUT2D eigenvalue weighted by molar-refractivity contribution is -0.113. The topological polar surface area (TPSA) is 98.1 Å². The molecule has 4 aromatic rings. The molecule has 0 saturated carbocycles. The average Bonchev–Trinajstić information content (AvgIpc) is 3.30. The van der Waals surface area contributed by atoms with Crippen LogP contribution in [0.25, 0.3) is 5.69 Å². The lowest BCUT2D eigenvalue weighted by atomic mass is 10.2. The van der Waals surface area contributed by atoms with Gasteiger partial charge in [-0.05, 0) is 72.8 Å². The first-order chi connectivity index (χ1) is 17.4. The minimum Gasteiger partial charge on any atom is -0.497 e. The van der Waals surface area contributed by atoms with Gasteiger partial charge in [0, 0.05) is 21.4 Å². The number of amides is 2. The Morgan fingerprint density at radius 3 is 2.36 bits per heavy atom. The Bertz CT molecular complexity index is 1350. The molecule has 3 aromatic carbocycles. The zero-order valence-corrected chi connectivity index (χ0v) is 21.5. The molecule has 0 spiro atoms. The quantitative estimate of drug-likeness (QED) is 0.280. The number of anilines is 1. The molecule has 0 aliphatic rings. The maximum absolute atomic E-state index is 13.5. The van der Waals surface area contributed by atoms with E-state index < -0.39 is 0 Å². The summed E-state index contributed by atoms with van der Waals surface area (Å²) in [6, 6.07) is 19.8. The Kier molecular flexibility index (Phi) is 8.34. The van der Waals surface area contributed by atoms with Crippen LogP contribution in [0, 0.1) is 5.82 Å². The van der Waals surface area contributed by atoms with E-state index in [1.807, 2.05) is 12.1 Å². The summed E-state index contributed by atoms with van der Waals surface area (Å²) >= 11 is 4.54. The van der Waals surface area contributed by atoms with Crippen molar-refractivity contribution in [3.05, 3.63) is 94.5 Å². The van der Waals surface area contributed by atoms with E-state index in [0.29, 0.717) is 33.7 Å². The Labute approximate surface area is 219 Å².